The van der Waals surface area contributed by atoms with Crippen molar-refractivity contribution in [1.29, 1.82) is 0 Å². The fourth-order valence-corrected chi connectivity index (χ4v) is 9.58. The number of alkyl halides is 1. The molecule has 0 aliphatic carbocycles. The molecule has 0 bridgehead atoms. The number of carbonyl (C=O) groups excluding carboxylic acids is 5. The predicted octanol–water partition coefficient (Wildman–Crippen LogP) is 4.75. The molecule has 22 heteroatoms. The molecule has 0 radical (unpaired) electrons. The molecule has 0 saturated carbocycles. The highest BCUT2D eigenvalue weighted by atomic mass is 35.5. The van der Waals surface area contributed by atoms with Crippen molar-refractivity contribution in [3.8, 4) is 5.75 Å². The van der Waals surface area contributed by atoms with Gasteiger partial charge in [0.15, 0.2) is 0 Å². The molecule has 2 aromatic heterocycles. The van der Waals surface area contributed by atoms with E-state index in [2.05, 4.69) is 25.9 Å². The van der Waals surface area contributed by atoms with Crippen molar-refractivity contribution >= 4 is 119 Å². The average Bonchev–Trinajstić information content (AvgIpc) is 4.04. The molecule has 7 rings (SSSR count). The Kier molecular flexibility index (Phi) is 15.0. The van der Waals surface area contributed by atoms with Crippen LogP contribution in [0.2, 0.25) is 0 Å². The monoisotopic (exact) mass is 958 g/mol. The largest absolute Gasteiger partial charge is 0.513 e. The van der Waals surface area contributed by atoms with Crippen LogP contribution in [0.4, 0.5) is 16.2 Å². The van der Waals surface area contributed by atoms with Crippen molar-refractivity contribution in [2.24, 2.45) is 11.5 Å². The second kappa shape index (κ2) is 21.0. The zero-order valence-electron chi connectivity index (χ0n) is 34.7. The molecule has 11 N–H and O–H groups in total. The van der Waals surface area contributed by atoms with Crippen LogP contribution in [-0.4, -0.2) is 117 Å². The smallest absolute Gasteiger partial charge is 0.481 e. The highest BCUT2D eigenvalue weighted by molar-refractivity contribution is 8.76. The molecular weight excluding hydrogens is 916 g/mol. The van der Waals surface area contributed by atoms with E-state index in [0.29, 0.717) is 33.4 Å². The normalized spacial score (nSPS) is 14.6. The molecular formula is C44H43ClN8O11S2. The maximum atomic E-state index is 14.3. The molecule has 1 aliphatic rings. The summed E-state index contributed by atoms with van der Waals surface area (Å²) in [7, 11) is 2.17. The number of halogens is 1. The van der Waals surface area contributed by atoms with Gasteiger partial charge in [0.25, 0.3) is 11.8 Å². The van der Waals surface area contributed by atoms with Crippen molar-refractivity contribution < 1.29 is 53.2 Å². The first-order valence-corrected chi connectivity index (χ1v) is 23.3. The van der Waals surface area contributed by atoms with Crippen LogP contribution in [-0.2, 0) is 23.9 Å². The number of carboxylic acid groups (broad SMARTS) is 2. The molecule has 4 unspecified atom stereocenters. The van der Waals surface area contributed by atoms with Gasteiger partial charge in [0.1, 0.15) is 35.8 Å². The number of carboxylic acids is 2. The van der Waals surface area contributed by atoms with Crippen LogP contribution >= 0.6 is 33.2 Å². The number of aromatic nitrogens is 2. The summed E-state index contributed by atoms with van der Waals surface area (Å²) in [5.74, 6) is -5.30. The summed E-state index contributed by atoms with van der Waals surface area (Å²) in [5, 5.41) is 29.1. The number of nitrogens with zero attached hydrogens (tertiary/aromatic N) is 1. The summed E-state index contributed by atoms with van der Waals surface area (Å²) in [6, 6.07) is 20.9. The molecule has 0 fully saturated rings. The summed E-state index contributed by atoms with van der Waals surface area (Å²) >= 11 is 6.49. The number of aliphatic carboxylic acids is 2. The molecule has 0 saturated heterocycles. The van der Waals surface area contributed by atoms with E-state index in [9.17, 15) is 43.8 Å². The maximum absolute atomic E-state index is 14.3. The van der Waals surface area contributed by atoms with E-state index in [1.807, 2.05) is 36.4 Å². The Bertz CT molecular complexity index is 2820. The number of H-pyrrole nitrogens is 2. The molecule has 66 heavy (non-hydrogen) atoms. The lowest BCUT2D eigenvalue weighted by molar-refractivity contribution is -0.143. The van der Waals surface area contributed by atoms with Crippen molar-refractivity contribution in [3.05, 3.63) is 102 Å². The lowest BCUT2D eigenvalue weighted by Gasteiger charge is -2.21. The van der Waals surface area contributed by atoms with Gasteiger partial charge in [-0.25, -0.2) is 9.59 Å². The third-order valence-corrected chi connectivity index (χ3v) is 13.3. The van der Waals surface area contributed by atoms with Crippen molar-refractivity contribution in [3.63, 3.8) is 0 Å². The maximum Gasteiger partial charge on any atom is 0.513 e. The summed E-state index contributed by atoms with van der Waals surface area (Å²) in [6.45, 7) is -0.164. The second-order valence-electron chi connectivity index (χ2n) is 15.0. The van der Waals surface area contributed by atoms with Gasteiger partial charge in [-0.1, -0.05) is 64.1 Å². The fourth-order valence-electron chi connectivity index (χ4n) is 7.35. The van der Waals surface area contributed by atoms with Crippen LogP contribution in [0.5, 0.6) is 5.75 Å². The quantitative estimate of drug-likeness (QED) is 0.0174. The van der Waals surface area contributed by atoms with E-state index in [0.717, 1.165) is 43.4 Å². The van der Waals surface area contributed by atoms with E-state index in [1.165, 1.54) is 0 Å². The molecule has 4 aromatic carbocycles. The number of nitrogens with two attached hydrogens (primary N) is 2. The minimum atomic E-state index is -1.60. The van der Waals surface area contributed by atoms with Gasteiger partial charge in [0, 0.05) is 75.3 Å². The van der Waals surface area contributed by atoms with Gasteiger partial charge in [-0.3, -0.25) is 24.0 Å². The Morgan fingerprint density at radius 3 is 2.26 bits per heavy atom. The van der Waals surface area contributed by atoms with E-state index in [-0.39, 0.29) is 66.3 Å². The Balaban J connectivity index is 0.972. The number of para-hydroxylation sites is 1. The molecule has 6 aromatic rings. The van der Waals surface area contributed by atoms with Gasteiger partial charge in [-0.05, 0) is 47.3 Å². The number of nitrogens with one attached hydrogen (secondary N) is 5. The first-order valence-electron chi connectivity index (χ1n) is 20.3. The first kappa shape index (κ1) is 47.2. The third-order valence-electron chi connectivity index (χ3n) is 10.6. The van der Waals surface area contributed by atoms with Crippen LogP contribution in [0, 0.1) is 0 Å². The summed E-state index contributed by atoms with van der Waals surface area (Å²) in [4.78, 5) is 96.4. The van der Waals surface area contributed by atoms with Crippen LogP contribution in [0.1, 0.15) is 38.9 Å². The number of fused-ring (bicyclic) bond motifs is 5. The number of aromatic amines is 2. The molecule has 0 spiro atoms. The highest BCUT2D eigenvalue weighted by Crippen LogP contribution is 2.46. The number of benzene rings is 4. The summed E-state index contributed by atoms with van der Waals surface area (Å²) in [5.41, 5.74) is 15.0. The Morgan fingerprint density at radius 2 is 1.53 bits per heavy atom. The van der Waals surface area contributed by atoms with Crippen LogP contribution in [0.15, 0.2) is 84.9 Å². The van der Waals surface area contributed by atoms with Crippen molar-refractivity contribution in [2.75, 3.05) is 47.3 Å². The number of hydrogen-bond acceptors (Lipinski definition) is 13. The number of rotatable bonds is 19. The minimum absolute atomic E-state index is 0.138. The Morgan fingerprint density at radius 1 is 0.833 bits per heavy atom. The SMILES string of the molecule is NCC(N)C(=O)NC(CC(=O)O)C(=O)NC(CSSCCOC(=O)Oc1cc2c(c3ccccc13)C(CCl)CN2C(=O)c1cc2cc(NC(=O)c3cc4ccccc4[nH]3)ccc2[nH]1)C(=O)O. The number of ether oxygens (including phenoxy) is 2. The summed E-state index contributed by atoms with van der Waals surface area (Å²) in [6.07, 6.45) is -1.86. The van der Waals surface area contributed by atoms with E-state index in [4.69, 9.17) is 32.5 Å². The first-order chi connectivity index (χ1) is 31.7. The van der Waals surface area contributed by atoms with Crippen LogP contribution < -0.4 is 37.1 Å². The van der Waals surface area contributed by atoms with Gasteiger partial charge in [0.2, 0.25) is 11.8 Å². The van der Waals surface area contributed by atoms with E-state index in [1.54, 1.807) is 53.4 Å². The molecule has 344 valence electrons. The average molecular weight is 959 g/mol. The fraction of sp³-hybridized carbons (Fsp3) is 0.250. The molecule has 4 atom stereocenters. The van der Waals surface area contributed by atoms with Gasteiger partial charge in [-0.15, -0.1) is 11.6 Å². The number of amides is 4. The third kappa shape index (κ3) is 10.8. The lowest BCUT2D eigenvalue weighted by Crippen LogP contribution is -2.56. The van der Waals surface area contributed by atoms with Gasteiger partial charge < -0.3 is 62.0 Å². The Labute approximate surface area is 388 Å². The molecule has 4 amide bonds. The topological polar surface area (TPSA) is 301 Å². The standard InChI is InChI=1S/C44H43ClN8O11S2/c45-18-24-20-53(42(59)33-15-23-13-25(9-10-30(23)50-33)48-40(57)31-14-22-5-1-4-8-29(22)49-31)35-17-36(26-6-2-3-7-27(26)38(24)35)64-44(62)63-11-12-65-66-21-34(43(60)61)52-41(58)32(16-37(54)55)51-39(56)28(47)19-46/h1-10,13-15,17,24,28,32,34,49-50H,11-12,16,18-21,46-47H2,(H,48,57)(H,51,56)(H,52,58)(H,54,55)(H,60,61). The molecule has 3 heterocycles. The van der Waals surface area contributed by atoms with E-state index < -0.39 is 54.5 Å². The van der Waals surface area contributed by atoms with Crippen LogP contribution in [0.3, 0.4) is 0 Å². The molecule has 1 aliphatic heterocycles. The zero-order chi connectivity index (χ0) is 47.1. The summed E-state index contributed by atoms with van der Waals surface area (Å²) < 4.78 is 11.0. The van der Waals surface area contributed by atoms with E-state index >= 15 is 0 Å². The second-order valence-corrected chi connectivity index (χ2v) is 18.0. The Hall–Kier alpha value is -6.78. The number of carbonyl (C=O) groups is 7. The number of hydrogen-bond donors (Lipinski definition) is 9. The van der Waals surface area contributed by atoms with Gasteiger partial charge in [-0.2, -0.15) is 0 Å². The number of anilines is 2. The minimum Gasteiger partial charge on any atom is -0.481 e. The van der Waals surface area contributed by atoms with Gasteiger partial charge in [0.05, 0.1) is 18.2 Å². The zero-order valence-corrected chi connectivity index (χ0v) is 37.1. The highest BCUT2D eigenvalue weighted by Gasteiger charge is 2.36. The van der Waals surface area contributed by atoms with Crippen molar-refractivity contribution in [2.45, 2.75) is 30.5 Å². The molecule has 19 nitrogen and oxygen atoms in total. The van der Waals surface area contributed by atoms with Crippen molar-refractivity contribution in [1.82, 2.24) is 20.6 Å². The van der Waals surface area contributed by atoms with Gasteiger partial charge >= 0.3 is 18.1 Å². The predicted molar refractivity (Wildman–Crippen MR) is 251 cm³/mol. The van der Waals surface area contributed by atoms with Crippen LogP contribution in [0.25, 0.3) is 32.6 Å². The lowest BCUT2D eigenvalue weighted by atomic mass is 9.95.